The van der Waals surface area contributed by atoms with Crippen LogP contribution in [0.25, 0.3) is 0 Å². The number of carbonyl (C=O) groups is 1. The molecule has 0 radical (unpaired) electrons. The maximum atomic E-state index is 12.0. The van der Waals surface area contributed by atoms with Gasteiger partial charge in [0.2, 0.25) is 0 Å². The van der Waals surface area contributed by atoms with Gasteiger partial charge in [-0.15, -0.1) is 13.2 Å². The molecule has 1 unspecified atom stereocenters. The van der Waals surface area contributed by atoms with Crippen LogP contribution in [-0.4, -0.2) is 30.7 Å². The monoisotopic (exact) mass is 334 g/mol. The highest BCUT2D eigenvalue weighted by molar-refractivity contribution is 5.89. The average Bonchev–Trinajstić information content (AvgIpc) is 2.46. The molecule has 0 aliphatic rings. The fraction of sp³-hybridized carbons (Fsp3) is 0.533. The minimum Gasteiger partial charge on any atom is -0.406 e. The van der Waals surface area contributed by atoms with Gasteiger partial charge in [0.1, 0.15) is 5.75 Å². The Hall–Kier alpha value is -1.96. The number of urea groups is 1. The Kier molecular flexibility index (Phi) is 7.67. The molecule has 0 saturated carbocycles. The molecule has 130 valence electrons. The number of halogens is 3. The Labute approximate surface area is 132 Å². The second-order valence-corrected chi connectivity index (χ2v) is 5.07. The normalized spacial score (nSPS) is 12.6. The largest absolute Gasteiger partial charge is 0.573 e. The third-order valence-corrected chi connectivity index (χ3v) is 3.13. The number of amides is 2. The summed E-state index contributed by atoms with van der Waals surface area (Å²) >= 11 is 0. The third-order valence-electron chi connectivity index (χ3n) is 3.13. The summed E-state index contributed by atoms with van der Waals surface area (Å²) in [5, 5.41) is 14.2. The molecule has 1 atom stereocenters. The number of carbonyl (C=O) groups excluding carboxylic acids is 1. The minimum absolute atomic E-state index is 0.0641. The summed E-state index contributed by atoms with van der Waals surface area (Å²) in [5.41, 5.74) is 0.353. The summed E-state index contributed by atoms with van der Waals surface area (Å²) in [4.78, 5) is 11.7. The van der Waals surface area contributed by atoms with E-state index in [9.17, 15) is 18.0 Å². The third kappa shape index (κ3) is 8.29. The van der Waals surface area contributed by atoms with Crippen LogP contribution in [0.2, 0.25) is 0 Å². The minimum atomic E-state index is -4.74. The molecule has 3 N–H and O–H groups in total. The molecule has 0 heterocycles. The number of alkyl halides is 3. The molecule has 8 heteroatoms. The van der Waals surface area contributed by atoms with Crippen LogP contribution in [0.15, 0.2) is 24.3 Å². The molecule has 0 saturated heterocycles. The number of ether oxygens (including phenoxy) is 1. The molecular formula is C15H21F3N2O3. The fourth-order valence-corrected chi connectivity index (χ4v) is 2.09. The van der Waals surface area contributed by atoms with Crippen molar-refractivity contribution in [2.75, 3.05) is 18.5 Å². The molecule has 0 spiro atoms. The van der Waals surface area contributed by atoms with Gasteiger partial charge in [0, 0.05) is 18.8 Å². The predicted octanol–water partition coefficient (Wildman–Crippen LogP) is 3.51. The number of rotatable bonds is 8. The van der Waals surface area contributed by atoms with Crippen LogP contribution in [0.4, 0.5) is 23.7 Å². The number of anilines is 1. The number of aliphatic hydroxyl groups excluding tert-OH is 1. The van der Waals surface area contributed by atoms with E-state index in [1.807, 2.05) is 6.92 Å². The first-order valence-corrected chi connectivity index (χ1v) is 7.35. The number of hydrogen-bond acceptors (Lipinski definition) is 3. The van der Waals surface area contributed by atoms with Gasteiger partial charge < -0.3 is 20.5 Å². The average molecular weight is 334 g/mol. The van der Waals surface area contributed by atoms with Gasteiger partial charge in [-0.05, 0) is 43.0 Å². The Morgan fingerprint density at radius 1 is 1.26 bits per heavy atom. The fourth-order valence-electron chi connectivity index (χ4n) is 2.09. The summed E-state index contributed by atoms with van der Waals surface area (Å²) in [7, 11) is 0. The number of aliphatic hydroxyl groups is 1. The van der Waals surface area contributed by atoms with Crippen LogP contribution < -0.4 is 15.4 Å². The van der Waals surface area contributed by atoms with E-state index in [1.54, 1.807) is 0 Å². The Bertz CT molecular complexity index is 472. The topological polar surface area (TPSA) is 70.6 Å². The van der Waals surface area contributed by atoms with Gasteiger partial charge in [-0.1, -0.05) is 13.3 Å². The quantitative estimate of drug-likeness (QED) is 0.681. The summed E-state index contributed by atoms with van der Waals surface area (Å²) in [5.74, 6) is -0.160. The van der Waals surface area contributed by atoms with Gasteiger partial charge in [-0.25, -0.2) is 4.79 Å². The number of nitrogens with one attached hydrogen (secondary N) is 2. The van der Waals surface area contributed by atoms with Crippen LogP contribution in [0.1, 0.15) is 26.2 Å². The first-order valence-electron chi connectivity index (χ1n) is 7.35. The van der Waals surface area contributed by atoms with Crippen LogP contribution in [-0.2, 0) is 0 Å². The summed E-state index contributed by atoms with van der Waals surface area (Å²) < 4.78 is 39.8. The van der Waals surface area contributed by atoms with Crippen LogP contribution in [0.3, 0.4) is 0 Å². The molecule has 2 amide bonds. The first-order chi connectivity index (χ1) is 10.8. The highest BCUT2D eigenvalue weighted by atomic mass is 19.4. The molecule has 23 heavy (non-hydrogen) atoms. The zero-order chi connectivity index (χ0) is 17.3. The maximum Gasteiger partial charge on any atom is 0.573 e. The molecule has 1 rings (SSSR count). The van der Waals surface area contributed by atoms with E-state index in [0.717, 1.165) is 25.0 Å². The molecule has 5 nitrogen and oxygen atoms in total. The Morgan fingerprint density at radius 3 is 2.43 bits per heavy atom. The second kappa shape index (κ2) is 9.24. The zero-order valence-electron chi connectivity index (χ0n) is 12.8. The van der Waals surface area contributed by atoms with Crippen molar-refractivity contribution in [3.8, 4) is 5.75 Å². The molecule has 0 aliphatic carbocycles. The van der Waals surface area contributed by atoms with E-state index >= 15 is 0 Å². The zero-order valence-corrected chi connectivity index (χ0v) is 12.8. The van der Waals surface area contributed by atoms with Gasteiger partial charge in [0.25, 0.3) is 0 Å². The molecule has 0 bridgehead atoms. The first kappa shape index (κ1) is 19.1. The van der Waals surface area contributed by atoms with Crippen molar-refractivity contribution in [1.29, 1.82) is 0 Å². The summed E-state index contributed by atoms with van der Waals surface area (Å²) in [6.45, 7) is 2.51. The highest BCUT2D eigenvalue weighted by Crippen LogP contribution is 2.23. The number of hydrogen-bond donors (Lipinski definition) is 3. The van der Waals surface area contributed by atoms with E-state index in [-0.39, 0.29) is 18.3 Å². The van der Waals surface area contributed by atoms with Gasteiger partial charge in [0.15, 0.2) is 0 Å². The maximum absolute atomic E-state index is 12.0. The van der Waals surface area contributed by atoms with Crippen molar-refractivity contribution in [2.45, 2.75) is 32.5 Å². The SMILES string of the molecule is CCCC(CCO)CNC(=O)Nc1ccc(OC(F)(F)F)cc1. The lowest BCUT2D eigenvalue weighted by molar-refractivity contribution is -0.274. The molecule has 1 aromatic rings. The van der Waals surface area contributed by atoms with E-state index in [4.69, 9.17) is 5.11 Å². The highest BCUT2D eigenvalue weighted by Gasteiger charge is 2.30. The molecular weight excluding hydrogens is 313 g/mol. The molecule has 0 aliphatic heterocycles. The van der Waals surface area contributed by atoms with E-state index in [1.165, 1.54) is 12.1 Å². The lowest BCUT2D eigenvalue weighted by atomic mass is 10.0. The van der Waals surface area contributed by atoms with Crippen molar-refractivity contribution in [2.24, 2.45) is 5.92 Å². The van der Waals surface area contributed by atoms with Crippen LogP contribution in [0.5, 0.6) is 5.75 Å². The standard InChI is InChI=1S/C15H21F3N2O3/c1-2-3-11(8-9-21)10-19-14(22)20-12-4-6-13(7-5-12)23-15(16,17)18/h4-7,11,21H,2-3,8-10H2,1H3,(H2,19,20,22). The van der Waals surface area contributed by atoms with Crippen molar-refractivity contribution in [3.05, 3.63) is 24.3 Å². The smallest absolute Gasteiger partial charge is 0.406 e. The molecule has 0 aromatic heterocycles. The Morgan fingerprint density at radius 2 is 1.91 bits per heavy atom. The predicted molar refractivity (Wildman–Crippen MR) is 80.2 cm³/mol. The lowest BCUT2D eigenvalue weighted by Crippen LogP contribution is -2.33. The van der Waals surface area contributed by atoms with Crippen LogP contribution in [0, 0.1) is 5.92 Å². The van der Waals surface area contributed by atoms with Gasteiger partial charge in [-0.3, -0.25) is 0 Å². The Balaban J connectivity index is 2.44. The van der Waals surface area contributed by atoms with E-state index < -0.39 is 12.4 Å². The van der Waals surface area contributed by atoms with Crippen LogP contribution >= 0.6 is 0 Å². The van der Waals surface area contributed by atoms with Gasteiger partial charge in [-0.2, -0.15) is 0 Å². The lowest BCUT2D eigenvalue weighted by Gasteiger charge is -2.16. The van der Waals surface area contributed by atoms with Crippen molar-refractivity contribution in [1.82, 2.24) is 5.32 Å². The van der Waals surface area contributed by atoms with Crippen molar-refractivity contribution < 1.29 is 27.8 Å². The van der Waals surface area contributed by atoms with Crippen molar-refractivity contribution >= 4 is 11.7 Å². The molecule has 1 aromatic carbocycles. The van der Waals surface area contributed by atoms with E-state index in [0.29, 0.717) is 18.7 Å². The van der Waals surface area contributed by atoms with Gasteiger partial charge >= 0.3 is 12.4 Å². The summed E-state index contributed by atoms with van der Waals surface area (Å²) in [6.07, 6.45) is -2.29. The van der Waals surface area contributed by atoms with Crippen molar-refractivity contribution in [3.63, 3.8) is 0 Å². The second-order valence-electron chi connectivity index (χ2n) is 5.07. The molecule has 0 fully saturated rings. The van der Waals surface area contributed by atoms with E-state index in [2.05, 4.69) is 15.4 Å². The summed E-state index contributed by atoms with van der Waals surface area (Å²) in [6, 6.07) is 4.42. The number of benzene rings is 1. The van der Waals surface area contributed by atoms with Gasteiger partial charge in [0.05, 0.1) is 0 Å².